The van der Waals surface area contributed by atoms with Crippen molar-refractivity contribution in [2.45, 2.75) is 27.7 Å². The molecule has 1 aliphatic rings. The first-order chi connectivity index (χ1) is 5.37. The Bertz CT molecular complexity index is 293. The Kier molecular flexibility index (Phi) is 1.86. The number of nitrogens with one attached hydrogen (secondary N) is 1. The van der Waals surface area contributed by atoms with Crippen molar-refractivity contribution < 1.29 is 0 Å². The number of nitrogens with two attached hydrogens (primary N) is 1. The Morgan fingerprint density at radius 3 is 2.33 bits per heavy atom. The van der Waals surface area contributed by atoms with E-state index in [0.717, 1.165) is 16.8 Å². The van der Waals surface area contributed by atoms with Crippen LogP contribution >= 0.6 is 0 Å². The highest BCUT2D eigenvalue weighted by atomic mass is 14.7. The summed E-state index contributed by atoms with van der Waals surface area (Å²) < 4.78 is 0. The van der Waals surface area contributed by atoms with Crippen LogP contribution in [0.5, 0.6) is 0 Å². The minimum absolute atomic E-state index is 0.0748. The van der Waals surface area contributed by atoms with E-state index in [1.165, 1.54) is 0 Å². The second kappa shape index (κ2) is 2.47. The zero-order chi connectivity index (χ0) is 9.52. The first-order valence-electron chi connectivity index (χ1n) is 4.12. The second-order valence-corrected chi connectivity index (χ2v) is 3.90. The van der Waals surface area contributed by atoms with Gasteiger partial charge in [0.1, 0.15) is 0 Å². The highest BCUT2D eigenvalue weighted by Gasteiger charge is 2.29. The van der Waals surface area contributed by atoms with Crippen molar-refractivity contribution in [1.82, 2.24) is 0 Å². The molecule has 0 aromatic carbocycles. The normalized spacial score (nSPS) is 22.7. The van der Waals surface area contributed by atoms with Crippen molar-refractivity contribution in [2.24, 2.45) is 11.1 Å². The summed E-state index contributed by atoms with van der Waals surface area (Å²) in [5, 5.41) is 7.62. The molecular formula is C10H16N2. The summed E-state index contributed by atoms with van der Waals surface area (Å²) in [5.74, 6) is 0. The summed E-state index contributed by atoms with van der Waals surface area (Å²) >= 11 is 0. The fourth-order valence-electron chi connectivity index (χ4n) is 1.33. The molecule has 2 nitrogen and oxygen atoms in total. The van der Waals surface area contributed by atoms with Crippen LogP contribution < -0.4 is 5.73 Å². The Hall–Kier alpha value is -1.05. The maximum absolute atomic E-state index is 7.62. The molecule has 0 amide bonds. The van der Waals surface area contributed by atoms with Gasteiger partial charge in [0.05, 0.1) is 5.71 Å². The summed E-state index contributed by atoms with van der Waals surface area (Å²) in [5.41, 5.74) is 9.30. The van der Waals surface area contributed by atoms with Crippen LogP contribution in [-0.2, 0) is 0 Å². The van der Waals surface area contributed by atoms with Crippen LogP contribution in [0.15, 0.2) is 22.9 Å². The molecule has 0 aromatic heterocycles. The number of hydrogen-bond donors (Lipinski definition) is 2. The molecule has 0 radical (unpaired) electrons. The van der Waals surface area contributed by atoms with Crippen LogP contribution in [0.25, 0.3) is 0 Å². The lowest BCUT2D eigenvalue weighted by Crippen LogP contribution is -2.29. The third-order valence-corrected chi connectivity index (χ3v) is 2.83. The van der Waals surface area contributed by atoms with Crippen LogP contribution in [0.4, 0.5) is 0 Å². The fourth-order valence-corrected chi connectivity index (χ4v) is 1.33. The van der Waals surface area contributed by atoms with E-state index in [-0.39, 0.29) is 5.41 Å². The van der Waals surface area contributed by atoms with Gasteiger partial charge in [-0.05, 0) is 25.5 Å². The maximum atomic E-state index is 7.62. The Balaban J connectivity index is 3.25. The van der Waals surface area contributed by atoms with Gasteiger partial charge in [0.25, 0.3) is 0 Å². The first kappa shape index (κ1) is 9.04. The summed E-state index contributed by atoms with van der Waals surface area (Å²) in [6.07, 6.45) is 1.89. The summed E-state index contributed by atoms with van der Waals surface area (Å²) in [7, 11) is 0. The predicted octanol–water partition coefficient (Wildman–Crippen LogP) is 2.22. The average Bonchev–Trinajstić information content (AvgIpc) is 1.99. The van der Waals surface area contributed by atoms with Gasteiger partial charge in [-0.25, -0.2) is 0 Å². The molecule has 1 aliphatic carbocycles. The molecule has 2 heteroatoms. The van der Waals surface area contributed by atoms with Crippen molar-refractivity contribution in [3.8, 4) is 0 Å². The molecule has 3 N–H and O–H groups in total. The van der Waals surface area contributed by atoms with Gasteiger partial charge in [0.2, 0.25) is 0 Å². The Morgan fingerprint density at radius 2 is 1.83 bits per heavy atom. The lowest BCUT2D eigenvalue weighted by molar-refractivity contribution is 0.524. The molecule has 0 aromatic rings. The van der Waals surface area contributed by atoms with Crippen LogP contribution in [0, 0.1) is 10.8 Å². The highest BCUT2D eigenvalue weighted by Crippen LogP contribution is 2.36. The molecule has 0 atom stereocenters. The summed E-state index contributed by atoms with van der Waals surface area (Å²) in [4.78, 5) is 0. The third kappa shape index (κ3) is 1.07. The number of allylic oxidation sites excluding steroid dienone is 3. The monoisotopic (exact) mass is 164 g/mol. The number of rotatable bonds is 0. The smallest absolute Gasteiger partial charge is 0.0586 e. The lowest BCUT2D eigenvalue weighted by Gasteiger charge is -2.32. The van der Waals surface area contributed by atoms with Crippen LogP contribution in [0.2, 0.25) is 0 Å². The van der Waals surface area contributed by atoms with Crippen LogP contribution in [-0.4, -0.2) is 5.71 Å². The Morgan fingerprint density at radius 1 is 1.33 bits per heavy atom. The van der Waals surface area contributed by atoms with Crippen molar-refractivity contribution in [1.29, 1.82) is 5.41 Å². The molecule has 0 saturated carbocycles. The topological polar surface area (TPSA) is 49.9 Å². The standard InChI is InChI=1S/C10H16N2/c1-6-5-8(11)7(2)9(12)10(6,3)4/h5,11H,12H2,1-4H3. The van der Waals surface area contributed by atoms with E-state index in [1.54, 1.807) is 0 Å². The maximum Gasteiger partial charge on any atom is 0.0586 e. The molecule has 0 bridgehead atoms. The van der Waals surface area contributed by atoms with E-state index >= 15 is 0 Å². The fraction of sp³-hybridized carbons (Fsp3) is 0.500. The molecule has 1 rings (SSSR count). The molecule has 0 unspecified atom stereocenters. The van der Waals surface area contributed by atoms with Crippen LogP contribution in [0.1, 0.15) is 27.7 Å². The predicted molar refractivity (Wildman–Crippen MR) is 52.2 cm³/mol. The Labute approximate surface area is 73.7 Å². The lowest BCUT2D eigenvalue weighted by atomic mass is 9.75. The van der Waals surface area contributed by atoms with Crippen molar-refractivity contribution in [3.05, 3.63) is 22.9 Å². The van der Waals surface area contributed by atoms with Gasteiger partial charge >= 0.3 is 0 Å². The minimum Gasteiger partial charge on any atom is -0.401 e. The molecule has 0 fully saturated rings. The van der Waals surface area contributed by atoms with E-state index in [4.69, 9.17) is 11.1 Å². The van der Waals surface area contributed by atoms with E-state index in [1.807, 2.05) is 19.9 Å². The molecule has 0 aliphatic heterocycles. The van der Waals surface area contributed by atoms with Gasteiger partial charge in [0, 0.05) is 11.1 Å². The van der Waals surface area contributed by atoms with E-state index in [2.05, 4.69) is 13.8 Å². The van der Waals surface area contributed by atoms with Gasteiger partial charge in [0.15, 0.2) is 0 Å². The second-order valence-electron chi connectivity index (χ2n) is 3.90. The zero-order valence-corrected chi connectivity index (χ0v) is 8.15. The zero-order valence-electron chi connectivity index (χ0n) is 8.15. The van der Waals surface area contributed by atoms with Gasteiger partial charge in [-0.15, -0.1) is 0 Å². The van der Waals surface area contributed by atoms with Gasteiger partial charge in [-0.1, -0.05) is 19.4 Å². The summed E-state index contributed by atoms with van der Waals surface area (Å²) in [6.45, 7) is 8.10. The van der Waals surface area contributed by atoms with Crippen molar-refractivity contribution in [2.75, 3.05) is 0 Å². The molecule has 0 spiro atoms. The average molecular weight is 164 g/mol. The van der Waals surface area contributed by atoms with Crippen molar-refractivity contribution in [3.63, 3.8) is 0 Å². The first-order valence-corrected chi connectivity index (χ1v) is 4.12. The minimum atomic E-state index is -0.0748. The number of hydrogen-bond acceptors (Lipinski definition) is 2. The van der Waals surface area contributed by atoms with Gasteiger partial charge < -0.3 is 11.1 Å². The largest absolute Gasteiger partial charge is 0.401 e. The van der Waals surface area contributed by atoms with Crippen LogP contribution in [0.3, 0.4) is 0 Å². The molecular weight excluding hydrogens is 148 g/mol. The highest BCUT2D eigenvalue weighted by molar-refractivity contribution is 6.08. The van der Waals surface area contributed by atoms with E-state index < -0.39 is 0 Å². The molecule has 0 saturated heterocycles. The van der Waals surface area contributed by atoms with Crippen molar-refractivity contribution >= 4 is 5.71 Å². The van der Waals surface area contributed by atoms with E-state index in [9.17, 15) is 0 Å². The molecule has 66 valence electrons. The molecule has 12 heavy (non-hydrogen) atoms. The van der Waals surface area contributed by atoms with E-state index in [0.29, 0.717) is 5.71 Å². The van der Waals surface area contributed by atoms with Gasteiger partial charge in [-0.2, -0.15) is 0 Å². The summed E-state index contributed by atoms with van der Waals surface area (Å²) in [6, 6.07) is 0. The molecule has 0 heterocycles. The van der Waals surface area contributed by atoms with Gasteiger partial charge in [-0.3, -0.25) is 0 Å². The SMILES string of the molecule is CC1=CC(=N)C(C)=C(N)C1(C)C. The third-order valence-electron chi connectivity index (χ3n) is 2.83. The quantitative estimate of drug-likeness (QED) is 0.566.